The lowest BCUT2D eigenvalue weighted by molar-refractivity contribution is -0.141. The molecule has 1 aromatic carbocycles. The van der Waals surface area contributed by atoms with Crippen molar-refractivity contribution in [3.63, 3.8) is 0 Å². The average molecular weight is 298 g/mol. The van der Waals surface area contributed by atoms with E-state index >= 15 is 0 Å². The van der Waals surface area contributed by atoms with Gasteiger partial charge in [-0.2, -0.15) is 0 Å². The number of benzene rings is 1. The van der Waals surface area contributed by atoms with Crippen molar-refractivity contribution in [2.75, 3.05) is 24.2 Å². The Bertz CT molecular complexity index is 615. The van der Waals surface area contributed by atoms with Crippen LogP contribution in [0.5, 0.6) is 0 Å². The minimum atomic E-state index is -3.35. The highest BCUT2D eigenvalue weighted by Crippen LogP contribution is 2.34. The van der Waals surface area contributed by atoms with E-state index in [4.69, 9.17) is 5.11 Å². The number of sulfonamides is 1. The Balaban J connectivity index is 2.32. The molecule has 7 heteroatoms. The standard InChI is InChI=1S/C13H18N2O4S/c1-15(20(2,18)19)12-6-4-3-5-10(12)11-7-9(8-14-11)13(16)17/h3-6,9,11,14H,7-8H2,1-2H3,(H,16,17). The van der Waals surface area contributed by atoms with Gasteiger partial charge in [-0.25, -0.2) is 8.42 Å². The van der Waals surface area contributed by atoms with E-state index < -0.39 is 21.9 Å². The summed E-state index contributed by atoms with van der Waals surface area (Å²) in [6.45, 7) is 0.400. The van der Waals surface area contributed by atoms with Gasteiger partial charge in [0.25, 0.3) is 0 Å². The SMILES string of the molecule is CN(c1ccccc1C1CC(C(=O)O)CN1)S(C)(=O)=O. The van der Waals surface area contributed by atoms with Crippen molar-refractivity contribution < 1.29 is 18.3 Å². The van der Waals surface area contributed by atoms with E-state index in [0.29, 0.717) is 18.7 Å². The number of carboxylic acids is 1. The van der Waals surface area contributed by atoms with Gasteiger partial charge in [-0.3, -0.25) is 9.10 Å². The third-order valence-corrected chi connectivity index (χ3v) is 4.82. The van der Waals surface area contributed by atoms with Crippen molar-refractivity contribution >= 4 is 21.7 Å². The van der Waals surface area contributed by atoms with E-state index in [1.807, 2.05) is 12.1 Å². The highest BCUT2D eigenvalue weighted by molar-refractivity contribution is 7.92. The average Bonchev–Trinajstić information content (AvgIpc) is 2.86. The molecule has 2 atom stereocenters. The van der Waals surface area contributed by atoms with E-state index in [-0.39, 0.29) is 6.04 Å². The maximum absolute atomic E-state index is 11.7. The summed E-state index contributed by atoms with van der Waals surface area (Å²) in [7, 11) is -1.85. The van der Waals surface area contributed by atoms with Crippen LogP contribution in [0.4, 0.5) is 5.69 Å². The van der Waals surface area contributed by atoms with Gasteiger partial charge in [-0.1, -0.05) is 18.2 Å². The number of carboxylic acid groups (broad SMARTS) is 1. The van der Waals surface area contributed by atoms with Crippen LogP contribution in [0.2, 0.25) is 0 Å². The number of aliphatic carboxylic acids is 1. The zero-order valence-corrected chi connectivity index (χ0v) is 12.2. The van der Waals surface area contributed by atoms with E-state index in [0.717, 1.165) is 11.8 Å². The number of hydrogen-bond donors (Lipinski definition) is 2. The molecule has 2 N–H and O–H groups in total. The lowest BCUT2D eigenvalue weighted by Gasteiger charge is -2.23. The van der Waals surface area contributed by atoms with Crippen molar-refractivity contribution in [3.8, 4) is 0 Å². The Kier molecular flexibility index (Phi) is 4.01. The van der Waals surface area contributed by atoms with Crippen LogP contribution in [0.25, 0.3) is 0 Å². The van der Waals surface area contributed by atoms with Gasteiger partial charge in [0.05, 0.1) is 17.9 Å². The Morgan fingerprint density at radius 2 is 2.05 bits per heavy atom. The van der Waals surface area contributed by atoms with Crippen LogP contribution in [0.15, 0.2) is 24.3 Å². The van der Waals surface area contributed by atoms with E-state index in [9.17, 15) is 13.2 Å². The van der Waals surface area contributed by atoms with Crippen LogP contribution in [-0.2, 0) is 14.8 Å². The highest BCUT2D eigenvalue weighted by atomic mass is 32.2. The van der Waals surface area contributed by atoms with Crippen LogP contribution in [0, 0.1) is 5.92 Å². The summed E-state index contributed by atoms with van der Waals surface area (Å²) in [5.74, 6) is -1.26. The molecule has 0 spiro atoms. The Hall–Kier alpha value is -1.60. The Morgan fingerprint density at radius 3 is 2.60 bits per heavy atom. The molecular weight excluding hydrogens is 280 g/mol. The number of para-hydroxylation sites is 1. The van der Waals surface area contributed by atoms with Gasteiger partial charge in [-0.05, 0) is 18.1 Å². The molecule has 1 aliphatic heterocycles. The first-order valence-corrected chi connectivity index (χ1v) is 8.14. The number of anilines is 1. The predicted octanol–water partition coefficient (Wildman–Crippen LogP) is 0.818. The van der Waals surface area contributed by atoms with Gasteiger partial charge in [0, 0.05) is 19.6 Å². The van der Waals surface area contributed by atoms with E-state index in [2.05, 4.69) is 5.32 Å². The summed E-state index contributed by atoms with van der Waals surface area (Å²) in [6, 6.07) is 7.01. The molecule has 1 aromatic rings. The summed E-state index contributed by atoms with van der Waals surface area (Å²) in [6.07, 6.45) is 1.61. The third kappa shape index (κ3) is 2.94. The maximum atomic E-state index is 11.7. The van der Waals surface area contributed by atoms with Crippen molar-refractivity contribution in [2.24, 2.45) is 5.92 Å². The molecule has 2 unspecified atom stereocenters. The largest absolute Gasteiger partial charge is 0.481 e. The molecule has 0 saturated carbocycles. The first-order valence-electron chi connectivity index (χ1n) is 6.29. The first-order chi connectivity index (χ1) is 9.30. The van der Waals surface area contributed by atoms with Crippen molar-refractivity contribution in [1.29, 1.82) is 0 Å². The second-order valence-corrected chi connectivity index (χ2v) is 7.03. The molecule has 6 nitrogen and oxygen atoms in total. The van der Waals surface area contributed by atoms with Crippen LogP contribution >= 0.6 is 0 Å². The normalized spacial score (nSPS) is 22.7. The number of rotatable bonds is 4. The van der Waals surface area contributed by atoms with Crippen molar-refractivity contribution in [1.82, 2.24) is 5.32 Å². The van der Waals surface area contributed by atoms with Crippen LogP contribution in [-0.4, -0.2) is 39.3 Å². The minimum Gasteiger partial charge on any atom is -0.481 e. The molecule has 110 valence electrons. The zero-order chi connectivity index (χ0) is 14.9. The molecule has 20 heavy (non-hydrogen) atoms. The molecule has 1 fully saturated rings. The molecule has 2 rings (SSSR count). The van der Waals surface area contributed by atoms with Crippen LogP contribution < -0.4 is 9.62 Å². The number of hydrogen-bond acceptors (Lipinski definition) is 4. The second-order valence-electron chi connectivity index (χ2n) is 5.02. The Labute approximate surface area is 118 Å². The van der Waals surface area contributed by atoms with Gasteiger partial charge in [-0.15, -0.1) is 0 Å². The fourth-order valence-corrected chi connectivity index (χ4v) is 2.93. The summed E-state index contributed by atoms with van der Waals surface area (Å²) in [5, 5.41) is 12.2. The van der Waals surface area contributed by atoms with Gasteiger partial charge in [0.15, 0.2) is 0 Å². The van der Waals surface area contributed by atoms with Crippen LogP contribution in [0.3, 0.4) is 0 Å². The number of carbonyl (C=O) groups is 1. The van der Waals surface area contributed by atoms with Gasteiger partial charge < -0.3 is 10.4 Å². The molecule has 0 amide bonds. The molecule has 1 aliphatic rings. The molecule has 0 aliphatic carbocycles. The molecule has 0 bridgehead atoms. The highest BCUT2D eigenvalue weighted by Gasteiger charge is 2.32. The van der Waals surface area contributed by atoms with Crippen LogP contribution in [0.1, 0.15) is 18.0 Å². The summed E-state index contributed by atoms with van der Waals surface area (Å²) >= 11 is 0. The number of nitrogens with zero attached hydrogens (tertiary/aromatic N) is 1. The van der Waals surface area contributed by atoms with E-state index in [1.165, 1.54) is 11.4 Å². The zero-order valence-electron chi connectivity index (χ0n) is 11.4. The van der Waals surface area contributed by atoms with Crippen molar-refractivity contribution in [3.05, 3.63) is 29.8 Å². The summed E-state index contributed by atoms with van der Waals surface area (Å²) in [4.78, 5) is 11.0. The monoisotopic (exact) mass is 298 g/mol. The smallest absolute Gasteiger partial charge is 0.307 e. The first kappa shape index (κ1) is 14.8. The fourth-order valence-electron chi connectivity index (χ4n) is 2.41. The molecular formula is C13H18N2O4S. The predicted molar refractivity (Wildman–Crippen MR) is 76.2 cm³/mol. The lowest BCUT2D eigenvalue weighted by atomic mass is 9.99. The van der Waals surface area contributed by atoms with Crippen molar-refractivity contribution in [2.45, 2.75) is 12.5 Å². The van der Waals surface area contributed by atoms with Gasteiger partial charge in [0.2, 0.25) is 10.0 Å². The van der Waals surface area contributed by atoms with E-state index in [1.54, 1.807) is 12.1 Å². The third-order valence-electron chi connectivity index (χ3n) is 3.63. The number of nitrogens with one attached hydrogen (secondary N) is 1. The topological polar surface area (TPSA) is 86.7 Å². The second kappa shape index (κ2) is 5.41. The van der Waals surface area contributed by atoms with Gasteiger partial charge >= 0.3 is 5.97 Å². The quantitative estimate of drug-likeness (QED) is 0.859. The molecule has 0 radical (unpaired) electrons. The molecule has 1 heterocycles. The Morgan fingerprint density at radius 1 is 1.40 bits per heavy atom. The summed E-state index contributed by atoms with van der Waals surface area (Å²) in [5.41, 5.74) is 1.39. The lowest BCUT2D eigenvalue weighted by Crippen LogP contribution is -2.27. The fraction of sp³-hybridized carbons (Fsp3) is 0.462. The molecule has 0 aromatic heterocycles. The minimum absolute atomic E-state index is 0.142. The summed E-state index contributed by atoms with van der Waals surface area (Å²) < 4.78 is 24.6. The van der Waals surface area contributed by atoms with Gasteiger partial charge in [0.1, 0.15) is 0 Å². The molecule has 1 saturated heterocycles. The maximum Gasteiger partial charge on any atom is 0.307 e.